The number of carbonyl (C=O) groups is 2. The fourth-order valence-electron chi connectivity index (χ4n) is 3.01. The Morgan fingerprint density at radius 2 is 1.96 bits per heavy atom. The lowest BCUT2D eigenvalue weighted by Crippen LogP contribution is -2.40. The van der Waals surface area contributed by atoms with Crippen LogP contribution < -0.4 is 4.90 Å². The Morgan fingerprint density at radius 3 is 2.65 bits per heavy atom. The highest BCUT2D eigenvalue weighted by Gasteiger charge is 2.22. The lowest BCUT2D eigenvalue weighted by Gasteiger charge is -2.27. The third-order valence-corrected chi connectivity index (χ3v) is 4.40. The molecule has 6 nitrogen and oxygen atoms in total. The molecule has 26 heavy (non-hydrogen) atoms. The Labute approximate surface area is 153 Å². The highest BCUT2D eigenvalue weighted by atomic mass is 16.5. The molecule has 136 valence electrons. The van der Waals surface area contributed by atoms with E-state index in [0.717, 1.165) is 11.3 Å². The molecule has 0 radical (unpaired) electrons. The van der Waals surface area contributed by atoms with Gasteiger partial charge in [0, 0.05) is 37.1 Å². The number of amides is 2. The third-order valence-electron chi connectivity index (χ3n) is 4.40. The van der Waals surface area contributed by atoms with Gasteiger partial charge >= 0.3 is 0 Å². The first-order valence-corrected chi connectivity index (χ1v) is 8.81. The Balaban J connectivity index is 1.84. The number of benzene rings is 1. The molecule has 1 aliphatic rings. The number of morpholine rings is 1. The summed E-state index contributed by atoms with van der Waals surface area (Å²) in [6, 6.07) is 11.0. The quantitative estimate of drug-likeness (QED) is 0.847. The molecule has 0 unspecified atom stereocenters. The molecule has 1 aliphatic heterocycles. The summed E-state index contributed by atoms with van der Waals surface area (Å²) in [4.78, 5) is 33.2. The summed E-state index contributed by atoms with van der Waals surface area (Å²) in [5.74, 6) is -0.307. The van der Waals surface area contributed by atoms with Crippen molar-refractivity contribution in [3.63, 3.8) is 0 Å². The van der Waals surface area contributed by atoms with Crippen LogP contribution in [0.3, 0.4) is 0 Å². The van der Waals surface area contributed by atoms with Crippen molar-refractivity contribution in [2.24, 2.45) is 0 Å². The molecule has 1 aromatic heterocycles. The highest BCUT2D eigenvalue weighted by molar-refractivity contribution is 6.06. The molecule has 1 saturated heterocycles. The Hall–Kier alpha value is -2.73. The lowest BCUT2D eigenvalue weighted by molar-refractivity contribution is 0.0303. The van der Waals surface area contributed by atoms with Crippen molar-refractivity contribution in [1.82, 2.24) is 9.88 Å². The first-order chi connectivity index (χ1) is 12.6. The molecule has 0 spiro atoms. The Morgan fingerprint density at radius 1 is 1.19 bits per heavy atom. The van der Waals surface area contributed by atoms with Crippen molar-refractivity contribution < 1.29 is 14.3 Å². The molecule has 0 N–H and O–H groups in total. The Kier molecular flexibility index (Phi) is 5.63. The normalized spacial score (nSPS) is 14.2. The maximum Gasteiger partial charge on any atom is 0.276 e. The molecule has 0 atom stereocenters. The topological polar surface area (TPSA) is 62.7 Å². The van der Waals surface area contributed by atoms with E-state index in [2.05, 4.69) is 4.98 Å². The summed E-state index contributed by atoms with van der Waals surface area (Å²) in [7, 11) is 0. The van der Waals surface area contributed by atoms with Gasteiger partial charge in [-0.1, -0.05) is 12.1 Å². The molecule has 2 amide bonds. The van der Waals surface area contributed by atoms with Crippen LogP contribution in [0.15, 0.2) is 42.6 Å². The number of carbonyl (C=O) groups excluding carboxylic acids is 2. The number of pyridine rings is 1. The minimum atomic E-state index is -0.213. The van der Waals surface area contributed by atoms with Crippen LogP contribution in [0.25, 0.3) is 0 Å². The second kappa shape index (κ2) is 8.10. The molecule has 0 saturated carbocycles. The lowest BCUT2D eigenvalue weighted by atomic mass is 10.1. The second-order valence-corrected chi connectivity index (χ2v) is 6.22. The van der Waals surface area contributed by atoms with Crippen molar-refractivity contribution in [3.8, 4) is 0 Å². The Bertz CT molecular complexity index is 800. The smallest absolute Gasteiger partial charge is 0.276 e. The SMILES string of the molecule is CCN(C(=O)c1cc(C(=O)N2CCOCC2)ccn1)c1cccc(C)c1. The summed E-state index contributed by atoms with van der Waals surface area (Å²) in [5.41, 5.74) is 2.65. The van der Waals surface area contributed by atoms with E-state index in [1.165, 1.54) is 6.20 Å². The van der Waals surface area contributed by atoms with Gasteiger partial charge < -0.3 is 14.5 Å². The zero-order chi connectivity index (χ0) is 18.5. The molecule has 6 heteroatoms. The first kappa shape index (κ1) is 18.1. The number of aromatic nitrogens is 1. The molecule has 1 fully saturated rings. The fourth-order valence-corrected chi connectivity index (χ4v) is 3.01. The summed E-state index contributed by atoms with van der Waals surface area (Å²) in [6.45, 7) is 6.64. The number of nitrogens with zero attached hydrogens (tertiary/aromatic N) is 3. The van der Waals surface area contributed by atoms with Gasteiger partial charge in [0.25, 0.3) is 11.8 Å². The average molecular weight is 353 g/mol. The van der Waals surface area contributed by atoms with E-state index in [4.69, 9.17) is 4.74 Å². The fraction of sp³-hybridized carbons (Fsp3) is 0.350. The van der Waals surface area contributed by atoms with Crippen molar-refractivity contribution in [1.29, 1.82) is 0 Å². The molecular weight excluding hydrogens is 330 g/mol. The van der Waals surface area contributed by atoms with Gasteiger partial charge in [-0.2, -0.15) is 0 Å². The molecule has 3 rings (SSSR count). The van der Waals surface area contributed by atoms with Crippen molar-refractivity contribution in [3.05, 3.63) is 59.4 Å². The predicted molar refractivity (Wildman–Crippen MR) is 99.5 cm³/mol. The number of ether oxygens (including phenoxy) is 1. The van der Waals surface area contributed by atoms with E-state index >= 15 is 0 Å². The summed E-state index contributed by atoms with van der Waals surface area (Å²) >= 11 is 0. The van der Waals surface area contributed by atoms with Gasteiger partial charge in [-0.15, -0.1) is 0 Å². The van der Waals surface area contributed by atoms with Gasteiger partial charge in [-0.05, 0) is 43.7 Å². The van der Waals surface area contributed by atoms with Crippen LogP contribution in [0.1, 0.15) is 33.3 Å². The molecule has 1 aromatic carbocycles. The predicted octanol–water partition coefficient (Wildman–Crippen LogP) is 2.53. The standard InChI is InChI=1S/C20H23N3O3/c1-3-23(17-6-4-5-15(2)13-17)20(25)18-14-16(7-8-21-18)19(24)22-9-11-26-12-10-22/h4-8,13-14H,3,9-12H2,1-2H3. The minimum absolute atomic E-state index is 0.0941. The van der Waals surface area contributed by atoms with Crippen LogP contribution in [-0.4, -0.2) is 54.5 Å². The number of rotatable bonds is 4. The number of aryl methyl sites for hydroxylation is 1. The number of hydrogen-bond acceptors (Lipinski definition) is 4. The van der Waals surface area contributed by atoms with Gasteiger partial charge in [0.1, 0.15) is 5.69 Å². The van der Waals surface area contributed by atoms with Gasteiger partial charge in [-0.3, -0.25) is 14.6 Å². The van der Waals surface area contributed by atoms with Crippen LogP contribution in [0.2, 0.25) is 0 Å². The van der Waals surface area contributed by atoms with Gasteiger partial charge in [0.05, 0.1) is 13.2 Å². The van der Waals surface area contributed by atoms with Gasteiger partial charge in [-0.25, -0.2) is 0 Å². The zero-order valence-corrected chi connectivity index (χ0v) is 15.1. The summed E-state index contributed by atoms with van der Waals surface area (Å²) in [6.07, 6.45) is 1.52. The van der Waals surface area contributed by atoms with E-state index in [1.54, 1.807) is 21.9 Å². The van der Waals surface area contributed by atoms with Gasteiger partial charge in [0.15, 0.2) is 0 Å². The van der Waals surface area contributed by atoms with Crippen LogP contribution in [0.5, 0.6) is 0 Å². The van der Waals surface area contributed by atoms with E-state index in [-0.39, 0.29) is 17.5 Å². The highest BCUT2D eigenvalue weighted by Crippen LogP contribution is 2.18. The summed E-state index contributed by atoms with van der Waals surface area (Å²) < 4.78 is 5.29. The largest absolute Gasteiger partial charge is 0.378 e. The maximum absolute atomic E-state index is 13.0. The maximum atomic E-state index is 13.0. The van der Waals surface area contributed by atoms with Crippen LogP contribution in [0, 0.1) is 6.92 Å². The van der Waals surface area contributed by atoms with E-state index < -0.39 is 0 Å². The van der Waals surface area contributed by atoms with Crippen LogP contribution in [-0.2, 0) is 4.74 Å². The van der Waals surface area contributed by atoms with Gasteiger partial charge in [0.2, 0.25) is 0 Å². The molecule has 2 heterocycles. The third kappa shape index (κ3) is 3.91. The van der Waals surface area contributed by atoms with Crippen molar-refractivity contribution in [2.75, 3.05) is 37.7 Å². The van der Waals surface area contributed by atoms with Crippen molar-refractivity contribution in [2.45, 2.75) is 13.8 Å². The van der Waals surface area contributed by atoms with Crippen LogP contribution >= 0.6 is 0 Å². The second-order valence-electron chi connectivity index (χ2n) is 6.22. The summed E-state index contributed by atoms with van der Waals surface area (Å²) in [5, 5.41) is 0. The average Bonchev–Trinajstić information content (AvgIpc) is 2.69. The first-order valence-electron chi connectivity index (χ1n) is 8.81. The van der Waals surface area contributed by atoms with Crippen molar-refractivity contribution >= 4 is 17.5 Å². The molecule has 0 aliphatic carbocycles. The molecule has 0 bridgehead atoms. The number of hydrogen-bond donors (Lipinski definition) is 0. The molecule has 2 aromatic rings. The zero-order valence-electron chi connectivity index (χ0n) is 15.1. The van der Waals surface area contributed by atoms with E-state index in [9.17, 15) is 9.59 Å². The molecular formula is C20H23N3O3. The van der Waals surface area contributed by atoms with E-state index in [0.29, 0.717) is 38.4 Å². The van der Waals surface area contributed by atoms with E-state index in [1.807, 2.05) is 38.1 Å². The number of anilines is 1. The minimum Gasteiger partial charge on any atom is -0.378 e. The van der Waals surface area contributed by atoms with Crippen LogP contribution in [0.4, 0.5) is 5.69 Å². The monoisotopic (exact) mass is 353 g/mol.